The predicted octanol–water partition coefficient (Wildman–Crippen LogP) is 3.01. The zero-order valence-corrected chi connectivity index (χ0v) is 11.9. The standard InChI is InChI=1S/C16H16F2N2O/c1-10-6-13(15(18)8-14(10)17)16(21)20(2)12-5-3-4-11(7-12)9-19/h3-8H,9,19H2,1-2H3. The summed E-state index contributed by atoms with van der Waals surface area (Å²) in [6, 6.07) is 9.04. The maximum Gasteiger partial charge on any atom is 0.260 e. The van der Waals surface area contributed by atoms with Crippen LogP contribution < -0.4 is 10.6 Å². The van der Waals surface area contributed by atoms with Gasteiger partial charge in [-0.3, -0.25) is 4.79 Å². The first-order chi connectivity index (χ1) is 9.93. The van der Waals surface area contributed by atoms with E-state index in [1.54, 1.807) is 18.2 Å². The fourth-order valence-electron chi connectivity index (χ4n) is 2.01. The molecule has 2 aromatic rings. The Morgan fingerprint density at radius 1 is 1.19 bits per heavy atom. The number of benzene rings is 2. The van der Waals surface area contributed by atoms with E-state index in [1.807, 2.05) is 6.07 Å². The fourth-order valence-corrected chi connectivity index (χ4v) is 2.01. The zero-order valence-electron chi connectivity index (χ0n) is 11.9. The van der Waals surface area contributed by atoms with Crippen LogP contribution in [0.1, 0.15) is 21.5 Å². The summed E-state index contributed by atoms with van der Waals surface area (Å²) in [6.45, 7) is 1.83. The number of halogens is 2. The average molecular weight is 290 g/mol. The second-order valence-corrected chi connectivity index (χ2v) is 4.82. The molecule has 0 fully saturated rings. The molecule has 5 heteroatoms. The molecule has 0 unspecified atom stereocenters. The average Bonchev–Trinajstić information content (AvgIpc) is 2.49. The Morgan fingerprint density at radius 2 is 1.90 bits per heavy atom. The lowest BCUT2D eigenvalue weighted by Gasteiger charge is -2.19. The molecule has 0 bridgehead atoms. The molecule has 110 valence electrons. The minimum Gasteiger partial charge on any atom is -0.326 e. The number of nitrogens with zero attached hydrogens (tertiary/aromatic N) is 1. The smallest absolute Gasteiger partial charge is 0.260 e. The first-order valence-electron chi connectivity index (χ1n) is 6.46. The molecule has 0 aliphatic rings. The van der Waals surface area contributed by atoms with Gasteiger partial charge in [0, 0.05) is 25.3 Å². The van der Waals surface area contributed by atoms with Crippen molar-refractivity contribution in [3.8, 4) is 0 Å². The molecule has 21 heavy (non-hydrogen) atoms. The highest BCUT2D eigenvalue weighted by Gasteiger charge is 2.19. The number of anilines is 1. The summed E-state index contributed by atoms with van der Waals surface area (Å²) >= 11 is 0. The van der Waals surface area contributed by atoms with Gasteiger partial charge >= 0.3 is 0 Å². The van der Waals surface area contributed by atoms with Crippen molar-refractivity contribution >= 4 is 11.6 Å². The molecular formula is C16H16F2N2O. The largest absolute Gasteiger partial charge is 0.326 e. The molecule has 0 heterocycles. The Morgan fingerprint density at radius 3 is 2.57 bits per heavy atom. The summed E-state index contributed by atoms with van der Waals surface area (Å²) in [6.07, 6.45) is 0. The van der Waals surface area contributed by atoms with E-state index in [-0.39, 0.29) is 11.1 Å². The lowest BCUT2D eigenvalue weighted by Crippen LogP contribution is -2.27. The summed E-state index contributed by atoms with van der Waals surface area (Å²) in [4.78, 5) is 13.7. The molecule has 0 atom stereocenters. The Bertz CT molecular complexity index is 686. The molecule has 0 spiro atoms. The van der Waals surface area contributed by atoms with Crippen molar-refractivity contribution in [2.75, 3.05) is 11.9 Å². The van der Waals surface area contributed by atoms with E-state index in [2.05, 4.69) is 0 Å². The van der Waals surface area contributed by atoms with E-state index in [4.69, 9.17) is 5.73 Å². The van der Waals surface area contributed by atoms with Gasteiger partial charge in [-0.25, -0.2) is 8.78 Å². The number of aryl methyl sites for hydroxylation is 1. The predicted molar refractivity (Wildman–Crippen MR) is 78.2 cm³/mol. The summed E-state index contributed by atoms with van der Waals surface area (Å²) in [7, 11) is 1.54. The molecule has 2 N–H and O–H groups in total. The first kappa shape index (κ1) is 15.1. The minimum absolute atomic E-state index is 0.158. The molecule has 0 aliphatic carbocycles. The molecule has 0 aromatic heterocycles. The van der Waals surface area contributed by atoms with E-state index < -0.39 is 17.5 Å². The highest BCUT2D eigenvalue weighted by molar-refractivity contribution is 6.06. The van der Waals surface area contributed by atoms with Crippen LogP contribution in [0.15, 0.2) is 36.4 Å². The molecule has 3 nitrogen and oxygen atoms in total. The molecule has 2 aromatic carbocycles. The van der Waals surface area contributed by atoms with Crippen LogP contribution in [0.3, 0.4) is 0 Å². The number of nitrogens with two attached hydrogens (primary N) is 1. The number of carbonyl (C=O) groups excluding carboxylic acids is 1. The maximum absolute atomic E-state index is 13.8. The molecule has 0 saturated carbocycles. The monoisotopic (exact) mass is 290 g/mol. The SMILES string of the molecule is Cc1cc(C(=O)N(C)c2cccc(CN)c2)c(F)cc1F. The normalized spacial score (nSPS) is 10.5. The van der Waals surface area contributed by atoms with Crippen LogP contribution in [0.2, 0.25) is 0 Å². The lowest BCUT2D eigenvalue weighted by atomic mass is 10.1. The van der Waals surface area contributed by atoms with Gasteiger partial charge in [0.25, 0.3) is 5.91 Å². The number of carbonyl (C=O) groups is 1. The number of rotatable bonds is 3. The molecule has 0 radical (unpaired) electrons. The Balaban J connectivity index is 2.37. The van der Waals surface area contributed by atoms with Crippen molar-refractivity contribution in [3.63, 3.8) is 0 Å². The van der Waals surface area contributed by atoms with Crippen LogP contribution >= 0.6 is 0 Å². The van der Waals surface area contributed by atoms with Gasteiger partial charge in [0.2, 0.25) is 0 Å². The van der Waals surface area contributed by atoms with E-state index in [1.165, 1.54) is 24.9 Å². The van der Waals surface area contributed by atoms with Gasteiger partial charge < -0.3 is 10.6 Å². The minimum atomic E-state index is -0.870. The van der Waals surface area contributed by atoms with Crippen molar-refractivity contribution in [3.05, 3.63) is 64.7 Å². The van der Waals surface area contributed by atoms with Gasteiger partial charge in [-0.05, 0) is 36.2 Å². The van der Waals surface area contributed by atoms with Gasteiger partial charge in [-0.15, -0.1) is 0 Å². The van der Waals surface area contributed by atoms with Crippen molar-refractivity contribution in [1.29, 1.82) is 0 Å². The summed E-state index contributed by atoms with van der Waals surface area (Å²) in [5.41, 5.74) is 7.09. The first-order valence-corrected chi connectivity index (χ1v) is 6.46. The van der Waals surface area contributed by atoms with Crippen LogP contribution in [-0.2, 0) is 6.54 Å². The Kier molecular flexibility index (Phi) is 4.33. The Hall–Kier alpha value is -2.27. The fraction of sp³-hybridized carbons (Fsp3) is 0.188. The van der Waals surface area contributed by atoms with Crippen molar-refractivity contribution in [2.24, 2.45) is 5.73 Å². The van der Waals surface area contributed by atoms with E-state index in [9.17, 15) is 13.6 Å². The Labute approximate surface area is 122 Å². The van der Waals surface area contributed by atoms with E-state index in [0.717, 1.165) is 11.6 Å². The van der Waals surface area contributed by atoms with Crippen molar-refractivity contribution < 1.29 is 13.6 Å². The third kappa shape index (κ3) is 3.08. The van der Waals surface area contributed by atoms with Crippen LogP contribution in [0.25, 0.3) is 0 Å². The second-order valence-electron chi connectivity index (χ2n) is 4.82. The third-order valence-electron chi connectivity index (χ3n) is 3.32. The van der Waals surface area contributed by atoms with Crippen molar-refractivity contribution in [2.45, 2.75) is 13.5 Å². The molecule has 2 rings (SSSR count). The van der Waals surface area contributed by atoms with Gasteiger partial charge in [0.1, 0.15) is 11.6 Å². The quantitative estimate of drug-likeness (QED) is 0.944. The lowest BCUT2D eigenvalue weighted by molar-refractivity contribution is 0.0989. The zero-order chi connectivity index (χ0) is 15.6. The summed E-state index contributed by atoms with van der Waals surface area (Å²) in [5, 5.41) is 0. The highest BCUT2D eigenvalue weighted by Crippen LogP contribution is 2.20. The maximum atomic E-state index is 13.8. The van der Waals surface area contributed by atoms with Gasteiger partial charge in [-0.1, -0.05) is 12.1 Å². The van der Waals surface area contributed by atoms with Gasteiger partial charge in [-0.2, -0.15) is 0 Å². The summed E-state index contributed by atoms with van der Waals surface area (Å²) < 4.78 is 27.1. The van der Waals surface area contributed by atoms with Crippen LogP contribution in [-0.4, -0.2) is 13.0 Å². The number of amides is 1. The van der Waals surface area contributed by atoms with Crippen LogP contribution in [0.4, 0.5) is 14.5 Å². The van der Waals surface area contributed by atoms with Gasteiger partial charge in [0.05, 0.1) is 5.56 Å². The third-order valence-corrected chi connectivity index (χ3v) is 3.32. The van der Waals surface area contributed by atoms with E-state index in [0.29, 0.717) is 12.2 Å². The van der Waals surface area contributed by atoms with Crippen LogP contribution in [0, 0.1) is 18.6 Å². The number of hydrogen-bond donors (Lipinski definition) is 1. The number of hydrogen-bond acceptors (Lipinski definition) is 2. The second kappa shape index (κ2) is 6.01. The van der Waals surface area contributed by atoms with Crippen molar-refractivity contribution in [1.82, 2.24) is 0 Å². The van der Waals surface area contributed by atoms with Crippen LogP contribution in [0.5, 0.6) is 0 Å². The highest BCUT2D eigenvalue weighted by atomic mass is 19.1. The summed E-state index contributed by atoms with van der Waals surface area (Å²) in [5.74, 6) is -2.08. The topological polar surface area (TPSA) is 46.3 Å². The molecule has 0 aliphatic heterocycles. The molecule has 1 amide bonds. The van der Waals surface area contributed by atoms with Gasteiger partial charge in [0.15, 0.2) is 0 Å². The van der Waals surface area contributed by atoms with E-state index >= 15 is 0 Å². The molecule has 0 saturated heterocycles. The molecular weight excluding hydrogens is 274 g/mol.